The molecule has 3 rings (SSSR count). The smallest absolute Gasteiger partial charge is 0.225 e. The van der Waals surface area contributed by atoms with Crippen LogP contribution in [-0.4, -0.2) is 73.3 Å². The molecule has 1 saturated heterocycles. The molecule has 0 aliphatic carbocycles. The number of aromatic nitrogens is 2. The Morgan fingerprint density at radius 2 is 2.26 bits per heavy atom. The van der Waals surface area contributed by atoms with E-state index in [9.17, 15) is 0 Å². The van der Waals surface area contributed by atoms with E-state index in [2.05, 4.69) is 30.6 Å². The van der Waals surface area contributed by atoms with Crippen LogP contribution >= 0.6 is 0 Å². The van der Waals surface area contributed by atoms with E-state index in [1.807, 2.05) is 0 Å². The highest BCUT2D eigenvalue weighted by molar-refractivity contribution is 5.84. The minimum atomic E-state index is 0.175. The van der Waals surface area contributed by atoms with Gasteiger partial charge in [-0.15, -0.1) is 0 Å². The molecule has 10 nitrogen and oxygen atoms in total. The third-order valence-corrected chi connectivity index (χ3v) is 4.27. The van der Waals surface area contributed by atoms with Crippen LogP contribution in [0, 0.1) is 5.41 Å². The Balaban J connectivity index is 1.80. The van der Waals surface area contributed by atoms with Crippen molar-refractivity contribution in [2.24, 2.45) is 10.1 Å². The molecule has 1 aliphatic rings. The van der Waals surface area contributed by atoms with Gasteiger partial charge in [-0.3, -0.25) is 9.89 Å². The quantitative estimate of drug-likeness (QED) is 0.498. The van der Waals surface area contributed by atoms with E-state index < -0.39 is 0 Å². The standard InChI is InChI=1S/C17H25N9O/c1-20-16-14(11-18)15(22-6-9-25-7-4-21-5-8-25)24-17(19)26(16)23-12-13-3-2-10-27-13/h2-3,10-12,18,21-22H,4-9H2,1H3,(H2,19,24)/b18-11?,20-16?,23-12+. The Morgan fingerprint density at radius 3 is 2.93 bits per heavy atom. The molecule has 144 valence electrons. The summed E-state index contributed by atoms with van der Waals surface area (Å²) in [5, 5.41) is 18.7. The predicted molar refractivity (Wildman–Crippen MR) is 106 cm³/mol. The largest absolute Gasteiger partial charge is 0.463 e. The van der Waals surface area contributed by atoms with Gasteiger partial charge < -0.3 is 26.2 Å². The number of nitrogen functional groups attached to an aromatic ring is 1. The highest BCUT2D eigenvalue weighted by Crippen LogP contribution is 2.09. The fraction of sp³-hybridized carbons (Fsp3) is 0.412. The van der Waals surface area contributed by atoms with E-state index in [1.165, 1.54) is 17.1 Å². The SMILES string of the molecule is CN=c1c(C=N)c(NCCN2CCNCC2)nc(N)n1/N=C/c1ccco1. The Labute approximate surface area is 157 Å². The topological polar surface area (TPSA) is 133 Å². The number of hydrogen-bond acceptors (Lipinski definition) is 9. The van der Waals surface area contributed by atoms with Crippen molar-refractivity contribution in [3.8, 4) is 0 Å². The number of rotatable bonds is 7. The van der Waals surface area contributed by atoms with Crippen LogP contribution in [0.5, 0.6) is 0 Å². The zero-order chi connectivity index (χ0) is 19.1. The third kappa shape index (κ3) is 4.60. The first-order valence-electron chi connectivity index (χ1n) is 8.83. The monoisotopic (exact) mass is 371 g/mol. The van der Waals surface area contributed by atoms with Gasteiger partial charge >= 0.3 is 0 Å². The lowest BCUT2D eigenvalue weighted by Crippen LogP contribution is -2.45. The highest BCUT2D eigenvalue weighted by Gasteiger charge is 2.13. The fourth-order valence-electron chi connectivity index (χ4n) is 2.89. The summed E-state index contributed by atoms with van der Waals surface area (Å²) in [5.41, 5.74) is 7.07. The van der Waals surface area contributed by atoms with Crippen LogP contribution in [0.4, 0.5) is 11.8 Å². The van der Waals surface area contributed by atoms with Crippen molar-refractivity contribution in [3.63, 3.8) is 0 Å². The molecule has 5 N–H and O–H groups in total. The van der Waals surface area contributed by atoms with Crippen molar-refractivity contribution >= 4 is 24.2 Å². The Hall–Kier alpha value is -2.98. The lowest BCUT2D eigenvalue weighted by atomic mass is 10.3. The lowest BCUT2D eigenvalue weighted by molar-refractivity contribution is 0.249. The molecule has 2 aromatic heterocycles. The van der Waals surface area contributed by atoms with Gasteiger partial charge in [0.2, 0.25) is 5.95 Å². The molecule has 3 heterocycles. The Morgan fingerprint density at radius 1 is 1.44 bits per heavy atom. The van der Waals surface area contributed by atoms with Gasteiger partial charge in [-0.25, -0.2) is 0 Å². The molecule has 2 aromatic rings. The van der Waals surface area contributed by atoms with E-state index in [1.54, 1.807) is 25.4 Å². The van der Waals surface area contributed by atoms with Crippen LogP contribution in [0.15, 0.2) is 32.9 Å². The number of furan rings is 1. The second kappa shape index (κ2) is 9.10. The van der Waals surface area contributed by atoms with E-state index in [0.717, 1.165) is 32.7 Å². The molecule has 0 unspecified atom stereocenters. The third-order valence-electron chi connectivity index (χ3n) is 4.27. The molecule has 0 radical (unpaired) electrons. The van der Waals surface area contributed by atoms with Gasteiger partial charge in [0.05, 0.1) is 18.0 Å². The molecule has 0 bridgehead atoms. The summed E-state index contributed by atoms with van der Waals surface area (Å²) in [6.07, 6.45) is 4.30. The van der Waals surface area contributed by atoms with Gasteiger partial charge in [-0.1, -0.05) is 0 Å². The molecule has 0 saturated carbocycles. The maximum absolute atomic E-state index is 7.79. The zero-order valence-electron chi connectivity index (χ0n) is 15.4. The molecule has 0 spiro atoms. The number of anilines is 2. The van der Waals surface area contributed by atoms with Crippen LogP contribution in [0.3, 0.4) is 0 Å². The summed E-state index contributed by atoms with van der Waals surface area (Å²) in [4.78, 5) is 11.0. The number of nitrogens with one attached hydrogen (secondary N) is 3. The first-order chi connectivity index (χ1) is 13.2. The van der Waals surface area contributed by atoms with E-state index in [4.69, 9.17) is 15.6 Å². The minimum absolute atomic E-state index is 0.175. The average Bonchev–Trinajstić information content (AvgIpc) is 3.21. The molecular formula is C17H25N9O. The minimum Gasteiger partial charge on any atom is -0.463 e. The molecule has 0 atom stereocenters. The number of piperazine rings is 1. The first kappa shape index (κ1) is 18.8. The molecule has 0 aromatic carbocycles. The van der Waals surface area contributed by atoms with Gasteiger partial charge in [0.25, 0.3) is 0 Å². The van der Waals surface area contributed by atoms with Gasteiger partial charge in [0.1, 0.15) is 11.6 Å². The van der Waals surface area contributed by atoms with Crippen molar-refractivity contribution in [1.82, 2.24) is 19.9 Å². The summed E-state index contributed by atoms with van der Waals surface area (Å²) >= 11 is 0. The molecule has 1 fully saturated rings. The number of hydrogen-bond donors (Lipinski definition) is 4. The summed E-state index contributed by atoms with van der Waals surface area (Å²) < 4.78 is 6.63. The van der Waals surface area contributed by atoms with Crippen LogP contribution in [-0.2, 0) is 0 Å². The molecule has 1 aliphatic heterocycles. The van der Waals surface area contributed by atoms with Gasteiger partial charge in [-0.2, -0.15) is 14.8 Å². The normalized spacial score (nSPS) is 16.1. The van der Waals surface area contributed by atoms with E-state index in [0.29, 0.717) is 29.2 Å². The van der Waals surface area contributed by atoms with Crippen molar-refractivity contribution in [2.45, 2.75) is 0 Å². The average molecular weight is 371 g/mol. The van der Waals surface area contributed by atoms with E-state index >= 15 is 0 Å². The first-order valence-corrected chi connectivity index (χ1v) is 8.83. The Kier molecular flexibility index (Phi) is 6.34. The second-order valence-electron chi connectivity index (χ2n) is 6.01. The number of nitrogens with zero attached hydrogens (tertiary/aromatic N) is 5. The van der Waals surface area contributed by atoms with E-state index in [-0.39, 0.29) is 5.95 Å². The summed E-state index contributed by atoms with van der Waals surface area (Å²) in [5.74, 6) is 1.29. The van der Waals surface area contributed by atoms with Crippen molar-refractivity contribution in [1.29, 1.82) is 5.41 Å². The lowest BCUT2D eigenvalue weighted by Gasteiger charge is -2.27. The van der Waals surface area contributed by atoms with Gasteiger partial charge in [-0.05, 0) is 12.1 Å². The summed E-state index contributed by atoms with van der Waals surface area (Å²) in [6.45, 7) is 5.67. The molecule has 0 amide bonds. The van der Waals surface area contributed by atoms with Crippen LogP contribution in [0.2, 0.25) is 0 Å². The van der Waals surface area contributed by atoms with Crippen LogP contribution in [0.25, 0.3) is 0 Å². The fourth-order valence-corrected chi connectivity index (χ4v) is 2.89. The van der Waals surface area contributed by atoms with Crippen molar-refractivity contribution < 1.29 is 4.42 Å². The maximum Gasteiger partial charge on any atom is 0.225 e. The van der Waals surface area contributed by atoms with Gasteiger partial charge in [0.15, 0.2) is 5.49 Å². The molecule has 27 heavy (non-hydrogen) atoms. The predicted octanol–water partition coefficient (Wildman–Crippen LogP) is -0.214. The summed E-state index contributed by atoms with van der Waals surface area (Å²) in [7, 11) is 1.63. The van der Waals surface area contributed by atoms with Crippen molar-refractivity contribution in [3.05, 3.63) is 35.2 Å². The van der Waals surface area contributed by atoms with Gasteiger partial charge in [0, 0.05) is 52.5 Å². The molecule has 10 heteroatoms. The van der Waals surface area contributed by atoms with Crippen LogP contribution in [0.1, 0.15) is 11.3 Å². The zero-order valence-corrected chi connectivity index (χ0v) is 15.4. The summed E-state index contributed by atoms with van der Waals surface area (Å²) in [6, 6.07) is 3.55. The second-order valence-corrected chi connectivity index (χ2v) is 6.01. The molecular weight excluding hydrogens is 346 g/mol. The number of nitrogens with two attached hydrogens (primary N) is 1. The highest BCUT2D eigenvalue weighted by atomic mass is 16.3. The van der Waals surface area contributed by atoms with Crippen molar-refractivity contribution in [2.75, 3.05) is 57.4 Å². The Bertz CT molecular complexity index is 848. The van der Waals surface area contributed by atoms with Crippen LogP contribution < -0.4 is 21.9 Å². The maximum atomic E-state index is 7.79.